The van der Waals surface area contributed by atoms with Crippen LogP contribution in [0, 0.1) is 11.3 Å². The first-order valence-corrected chi connectivity index (χ1v) is 13.4. The van der Waals surface area contributed by atoms with E-state index in [1.807, 2.05) is 0 Å². The molecule has 11 nitrogen and oxygen atoms in total. The van der Waals surface area contributed by atoms with Crippen LogP contribution in [0.3, 0.4) is 0 Å². The fourth-order valence-electron chi connectivity index (χ4n) is 4.31. The van der Waals surface area contributed by atoms with E-state index in [1.54, 1.807) is 45.0 Å². The lowest BCUT2D eigenvalue weighted by atomic mass is 10.1. The molecule has 2 fully saturated rings. The Balaban J connectivity index is 1.52. The van der Waals surface area contributed by atoms with E-state index >= 15 is 0 Å². The summed E-state index contributed by atoms with van der Waals surface area (Å²) in [5.41, 5.74) is 0.109. The monoisotopic (exact) mass is 573 g/mol. The summed E-state index contributed by atoms with van der Waals surface area (Å²) in [7, 11) is 0. The van der Waals surface area contributed by atoms with Gasteiger partial charge in [-0.3, -0.25) is 19.3 Å². The van der Waals surface area contributed by atoms with Gasteiger partial charge in [0.1, 0.15) is 24.3 Å². The van der Waals surface area contributed by atoms with Gasteiger partial charge in [0, 0.05) is 24.8 Å². The van der Waals surface area contributed by atoms with Crippen LogP contribution in [0.5, 0.6) is 0 Å². The van der Waals surface area contributed by atoms with Crippen molar-refractivity contribution in [2.45, 2.75) is 44.9 Å². The van der Waals surface area contributed by atoms with Gasteiger partial charge < -0.3 is 25.0 Å². The van der Waals surface area contributed by atoms with Crippen LogP contribution >= 0.6 is 22.9 Å². The number of halogens is 1. The standard InChI is InChI=1S/C26H28ClN5O6S/c1-26(2,3)38-25(36)32-13-16(29-24(35)20-6-7-21(27)39-20)11-19(32)23(34)30-18-5-4-17(10-15(18)12-28)31-8-9-37-14-22(31)33/h4-7,10,16,19H,8-9,11,13-14H2,1-3H3,(H,29,35)(H,30,34)/t16?,19-/m0/s1. The Morgan fingerprint density at radius 1 is 1.23 bits per heavy atom. The Hall–Kier alpha value is -3.66. The van der Waals surface area contributed by atoms with Crippen LogP contribution in [0.1, 0.15) is 42.4 Å². The van der Waals surface area contributed by atoms with Crippen molar-refractivity contribution in [1.29, 1.82) is 5.26 Å². The van der Waals surface area contributed by atoms with E-state index in [4.69, 9.17) is 21.1 Å². The lowest BCUT2D eigenvalue weighted by Crippen LogP contribution is -2.45. The molecular weight excluding hydrogens is 546 g/mol. The second-order valence-corrected chi connectivity index (χ2v) is 11.8. The second kappa shape index (κ2) is 11.6. The molecule has 1 aromatic heterocycles. The van der Waals surface area contributed by atoms with Gasteiger partial charge >= 0.3 is 6.09 Å². The molecule has 0 bridgehead atoms. The number of hydrogen-bond donors (Lipinski definition) is 2. The van der Waals surface area contributed by atoms with Crippen LogP contribution in [0.2, 0.25) is 4.34 Å². The molecular formula is C26H28ClN5O6S. The van der Waals surface area contributed by atoms with Crippen LogP contribution < -0.4 is 15.5 Å². The highest BCUT2D eigenvalue weighted by molar-refractivity contribution is 7.18. The number of rotatable bonds is 5. The minimum Gasteiger partial charge on any atom is -0.444 e. The van der Waals surface area contributed by atoms with Gasteiger partial charge in [-0.15, -0.1) is 11.3 Å². The number of ether oxygens (including phenoxy) is 2. The first-order chi connectivity index (χ1) is 18.4. The summed E-state index contributed by atoms with van der Waals surface area (Å²) in [5, 5.41) is 15.3. The van der Waals surface area contributed by atoms with E-state index in [-0.39, 0.29) is 42.6 Å². The van der Waals surface area contributed by atoms with E-state index in [0.29, 0.717) is 28.1 Å². The highest BCUT2D eigenvalue weighted by atomic mass is 35.5. The van der Waals surface area contributed by atoms with Crippen molar-refractivity contribution < 1.29 is 28.7 Å². The maximum atomic E-state index is 13.4. The Labute approximate surface area is 234 Å². The minimum atomic E-state index is -0.968. The van der Waals surface area contributed by atoms with E-state index in [9.17, 15) is 24.4 Å². The van der Waals surface area contributed by atoms with Crippen LogP contribution in [0.15, 0.2) is 30.3 Å². The Bertz CT molecular complexity index is 1330. The number of amides is 4. The smallest absolute Gasteiger partial charge is 0.411 e. The fraction of sp³-hybridized carbons (Fsp3) is 0.423. The predicted octanol–water partition coefficient (Wildman–Crippen LogP) is 3.38. The third-order valence-corrected chi connectivity index (χ3v) is 7.27. The highest BCUT2D eigenvalue weighted by Crippen LogP contribution is 2.28. The normalized spacial score (nSPS) is 19.4. The maximum absolute atomic E-state index is 13.4. The summed E-state index contributed by atoms with van der Waals surface area (Å²) >= 11 is 7.07. The molecule has 39 heavy (non-hydrogen) atoms. The number of anilines is 2. The molecule has 2 aromatic rings. The zero-order valence-electron chi connectivity index (χ0n) is 21.7. The van der Waals surface area contributed by atoms with Crippen molar-refractivity contribution in [3.8, 4) is 6.07 Å². The number of morpholine rings is 1. The van der Waals surface area contributed by atoms with Crippen molar-refractivity contribution in [2.24, 2.45) is 0 Å². The van der Waals surface area contributed by atoms with Crippen LogP contribution in [0.25, 0.3) is 0 Å². The largest absolute Gasteiger partial charge is 0.444 e. The molecule has 2 saturated heterocycles. The molecule has 0 spiro atoms. The summed E-state index contributed by atoms with van der Waals surface area (Å²) in [4.78, 5) is 54.5. The number of nitriles is 1. The summed E-state index contributed by atoms with van der Waals surface area (Å²) in [6.45, 7) is 5.90. The number of likely N-dealkylation sites (tertiary alicyclic amines) is 1. The molecule has 1 unspecified atom stereocenters. The van der Waals surface area contributed by atoms with Gasteiger partial charge in [-0.1, -0.05) is 11.6 Å². The van der Waals surface area contributed by atoms with Crippen molar-refractivity contribution in [2.75, 3.05) is 36.5 Å². The van der Waals surface area contributed by atoms with E-state index < -0.39 is 29.7 Å². The highest BCUT2D eigenvalue weighted by Gasteiger charge is 2.42. The zero-order chi connectivity index (χ0) is 28.3. The number of carbonyl (C=O) groups excluding carboxylic acids is 4. The first kappa shape index (κ1) is 28.4. The van der Waals surface area contributed by atoms with Crippen molar-refractivity contribution >= 4 is 58.1 Å². The number of nitrogens with zero attached hydrogens (tertiary/aromatic N) is 3. The van der Waals surface area contributed by atoms with E-state index in [0.717, 1.165) is 11.3 Å². The number of thiophene rings is 1. The lowest BCUT2D eigenvalue weighted by molar-refractivity contribution is -0.125. The van der Waals surface area contributed by atoms with Gasteiger partial charge in [0.2, 0.25) is 5.91 Å². The average molecular weight is 574 g/mol. The van der Waals surface area contributed by atoms with Gasteiger partial charge in [-0.2, -0.15) is 5.26 Å². The third-order valence-electron chi connectivity index (χ3n) is 6.04. The van der Waals surface area contributed by atoms with Crippen LogP contribution in [-0.4, -0.2) is 72.7 Å². The Morgan fingerprint density at radius 2 is 2.00 bits per heavy atom. The number of nitrogens with one attached hydrogen (secondary N) is 2. The van der Waals surface area contributed by atoms with E-state index in [2.05, 4.69) is 16.7 Å². The Morgan fingerprint density at radius 3 is 2.64 bits per heavy atom. The van der Waals surface area contributed by atoms with E-state index in [1.165, 1.54) is 15.9 Å². The first-order valence-electron chi connectivity index (χ1n) is 12.2. The fourth-order valence-corrected chi connectivity index (χ4v) is 5.26. The molecule has 13 heteroatoms. The molecule has 2 aliphatic heterocycles. The lowest BCUT2D eigenvalue weighted by Gasteiger charge is -2.28. The second-order valence-electron chi connectivity index (χ2n) is 10.1. The molecule has 0 radical (unpaired) electrons. The number of benzene rings is 1. The van der Waals surface area contributed by atoms with Gasteiger partial charge in [0.15, 0.2) is 0 Å². The predicted molar refractivity (Wildman–Crippen MR) is 145 cm³/mol. The van der Waals surface area contributed by atoms with Crippen molar-refractivity contribution in [3.63, 3.8) is 0 Å². The average Bonchev–Trinajstić information content (AvgIpc) is 3.50. The summed E-state index contributed by atoms with van der Waals surface area (Å²) in [6.07, 6.45) is -0.557. The molecule has 206 valence electrons. The van der Waals surface area contributed by atoms with Crippen LogP contribution in [0.4, 0.5) is 16.2 Å². The molecule has 4 rings (SSSR count). The molecule has 2 aliphatic rings. The third kappa shape index (κ3) is 6.86. The van der Waals surface area contributed by atoms with Gasteiger partial charge in [0.25, 0.3) is 11.8 Å². The summed E-state index contributed by atoms with van der Waals surface area (Å²) in [6, 6.07) is 8.48. The van der Waals surface area contributed by atoms with Gasteiger partial charge in [-0.25, -0.2) is 4.79 Å². The SMILES string of the molecule is CC(C)(C)OC(=O)N1CC(NC(=O)c2ccc(Cl)s2)C[C@H]1C(=O)Nc1ccc(N2CCOCC2=O)cc1C#N. The molecule has 2 atom stereocenters. The maximum Gasteiger partial charge on any atom is 0.411 e. The van der Waals surface area contributed by atoms with Gasteiger partial charge in [0.05, 0.1) is 27.1 Å². The number of hydrogen-bond acceptors (Lipinski definition) is 8. The zero-order valence-corrected chi connectivity index (χ0v) is 23.2. The summed E-state index contributed by atoms with van der Waals surface area (Å²) in [5.74, 6) is -1.12. The van der Waals surface area contributed by atoms with Crippen molar-refractivity contribution in [3.05, 3.63) is 45.1 Å². The molecule has 1 aromatic carbocycles. The molecule has 4 amide bonds. The quantitative estimate of drug-likeness (QED) is 0.558. The van der Waals surface area contributed by atoms with Gasteiger partial charge in [-0.05, 0) is 57.5 Å². The van der Waals surface area contributed by atoms with Crippen LogP contribution in [-0.2, 0) is 19.1 Å². The molecule has 0 saturated carbocycles. The molecule has 3 heterocycles. The number of carbonyl (C=O) groups is 4. The summed E-state index contributed by atoms with van der Waals surface area (Å²) < 4.78 is 11.1. The topological polar surface area (TPSA) is 141 Å². The molecule has 0 aliphatic carbocycles. The molecule has 2 N–H and O–H groups in total. The Kier molecular flexibility index (Phi) is 8.44. The minimum absolute atomic E-state index is 0.0419. The van der Waals surface area contributed by atoms with Crippen molar-refractivity contribution in [1.82, 2.24) is 10.2 Å².